The summed E-state index contributed by atoms with van der Waals surface area (Å²) in [7, 11) is 1.39. The Hall–Kier alpha value is -2.83. The van der Waals surface area contributed by atoms with Crippen LogP contribution in [-0.2, 0) is 29.7 Å². The topological polar surface area (TPSA) is 125 Å². The highest BCUT2D eigenvalue weighted by Gasteiger charge is 2.44. The van der Waals surface area contributed by atoms with E-state index in [2.05, 4.69) is 37.7 Å². The molecule has 0 radical (unpaired) electrons. The maximum absolute atomic E-state index is 13.7. The first-order chi connectivity index (χ1) is 16.5. The van der Waals surface area contributed by atoms with Gasteiger partial charge in [0.05, 0.1) is 12.1 Å². The molecule has 10 heteroatoms. The fourth-order valence-electron chi connectivity index (χ4n) is 7.52. The zero-order valence-corrected chi connectivity index (χ0v) is 22.6. The first-order valence-corrected chi connectivity index (χ1v) is 12.6. The third-order valence-corrected chi connectivity index (χ3v) is 7.89. The van der Waals surface area contributed by atoms with Gasteiger partial charge in [0.15, 0.2) is 0 Å². The van der Waals surface area contributed by atoms with Crippen LogP contribution in [0, 0.1) is 21.7 Å². The Bertz CT molecular complexity index is 1200. The standard InChI is InChI=1S/C26H39N5O5/c1-23(2)8-18(27-16-32)10-25(5,12-23)14-30-20(34)29(7)21(35)31(22(30)36)15-26(6)11-19(28-17-33)9-24(3,4)13-26/h18-19H,8-15H2,1-7H3. The van der Waals surface area contributed by atoms with Crippen molar-refractivity contribution in [2.75, 3.05) is 0 Å². The molecule has 0 N–H and O–H groups in total. The molecular formula is C26H39N5O5. The Morgan fingerprint density at radius 2 is 1.06 bits per heavy atom. The van der Waals surface area contributed by atoms with E-state index in [-0.39, 0.29) is 36.0 Å². The zero-order valence-electron chi connectivity index (χ0n) is 22.6. The lowest BCUT2D eigenvalue weighted by Gasteiger charge is -2.45. The molecule has 1 heterocycles. The van der Waals surface area contributed by atoms with Gasteiger partial charge in [0.25, 0.3) is 0 Å². The van der Waals surface area contributed by atoms with Crippen LogP contribution in [0.5, 0.6) is 0 Å². The van der Waals surface area contributed by atoms with Crippen LogP contribution in [0.4, 0.5) is 0 Å². The first kappa shape index (κ1) is 27.8. The van der Waals surface area contributed by atoms with Gasteiger partial charge in [-0.2, -0.15) is 0 Å². The smallest absolute Gasteiger partial charge is 0.248 e. The van der Waals surface area contributed by atoms with E-state index in [9.17, 15) is 24.0 Å². The van der Waals surface area contributed by atoms with E-state index in [0.717, 1.165) is 39.4 Å². The van der Waals surface area contributed by atoms with Gasteiger partial charge in [-0.05, 0) is 60.2 Å². The Kier molecular flexibility index (Phi) is 7.37. The monoisotopic (exact) mass is 501 g/mol. The fraction of sp³-hybridized carbons (Fsp3) is 0.808. The summed E-state index contributed by atoms with van der Waals surface area (Å²) in [6.45, 7) is 12.6. The van der Waals surface area contributed by atoms with Crippen molar-refractivity contribution in [2.24, 2.45) is 38.7 Å². The highest BCUT2D eigenvalue weighted by atomic mass is 16.2. The Morgan fingerprint density at radius 1 is 0.694 bits per heavy atom. The normalized spacial score (nSPS) is 31.2. The number of carbonyl (C=O) groups excluding carboxylic acids is 2. The molecule has 2 fully saturated rings. The summed E-state index contributed by atoms with van der Waals surface area (Å²) < 4.78 is 3.30. The molecule has 4 unspecified atom stereocenters. The van der Waals surface area contributed by atoms with Crippen molar-refractivity contribution in [2.45, 2.75) is 105 Å². The number of rotatable bonds is 6. The van der Waals surface area contributed by atoms with Crippen molar-refractivity contribution in [3.8, 4) is 0 Å². The number of nitrogens with zero attached hydrogens (tertiary/aromatic N) is 5. The van der Waals surface area contributed by atoms with Crippen LogP contribution in [0.25, 0.3) is 0 Å². The quantitative estimate of drug-likeness (QED) is 0.438. The molecule has 2 aliphatic rings. The number of hydrogen-bond acceptors (Lipinski definition) is 7. The third-order valence-electron chi connectivity index (χ3n) is 7.89. The van der Waals surface area contributed by atoms with E-state index in [1.165, 1.54) is 7.05 Å². The van der Waals surface area contributed by atoms with E-state index >= 15 is 0 Å². The Morgan fingerprint density at radius 3 is 1.39 bits per heavy atom. The molecule has 0 spiro atoms. The SMILES string of the molecule is Cn1c(=O)n(CC2(C)CC(N=C=O)CC(C)(C)C2)c(=O)n(CC2(C)CC(N=C=O)CC(C)(C)C2)c1=O. The second-order valence-electron chi connectivity index (χ2n) is 13.4. The van der Waals surface area contributed by atoms with E-state index in [1.807, 2.05) is 13.8 Å². The van der Waals surface area contributed by atoms with Gasteiger partial charge in [0.1, 0.15) is 0 Å². The number of aromatic nitrogens is 3. The van der Waals surface area contributed by atoms with Crippen molar-refractivity contribution in [3.05, 3.63) is 31.5 Å². The molecule has 0 bridgehead atoms. The Labute approximate surface area is 211 Å². The van der Waals surface area contributed by atoms with Crippen LogP contribution >= 0.6 is 0 Å². The predicted molar refractivity (Wildman–Crippen MR) is 135 cm³/mol. The van der Waals surface area contributed by atoms with E-state index < -0.39 is 27.9 Å². The van der Waals surface area contributed by atoms with Gasteiger partial charge in [-0.25, -0.2) is 47.7 Å². The average Bonchev–Trinajstić information content (AvgIpc) is 2.70. The minimum atomic E-state index is -0.654. The molecule has 36 heavy (non-hydrogen) atoms. The maximum atomic E-state index is 13.7. The van der Waals surface area contributed by atoms with Gasteiger partial charge < -0.3 is 0 Å². The van der Waals surface area contributed by atoms with Gasteiger partial charge in [0, 0.05) is 20.1 Å². The van der Waals surface area contributed by atoms with E-state index in [0.29, 0.717) is 12.8 Å². The summed E-state index contributed by atoms with van der Waals surface area (Å²) in [6.07, 6.45) is 7.31. The summed E-state index contributed by atoms with van der Waals surface area (Å²) in [6, 6.07) is -0.471. The van der Waals surface area contributed by atoms with Crippen molar-refractivity contribution in [1.29, 1.82) is 0 Å². The van der Waals surface area contributed by atoms with Crippen LogP contribution in [-0.4, -0.2) is 37.9 Å². The second-order valence-corrected chi connectivity index (χ2v) is 13.4. The molecular weight excluding hydrogens is 462 g/mol. The molecule has 10 nitrogen and oxygen atoms in total. The van der Waals surface area contributed by atoms with Gasteiger partial charge in [-0.1, -0.05) is 41.5 Å². The first-order valence-electron chi connectivity index (χ1n) is 12.6. The maximum Gasteiger partial charge on any atom is 0.336 e. The molecule has 2 aliphatic carbocycles. The molecule has 2 saturated carbocycles. The zero-order chi connectivity index (χ0) is 27.1. The van der Waals surface area contributed by atoms with Gasteiger partial charge in [0.2, 0.25) is 12.2 Å². The highest BCUT2D eigenvalue weighted by molar-refractivity contribution is 5.34. The van der Waals surface area contributed by atoms with Crippen LogP contribution < -0.4 is 17.1 Å². The van der Waals surface area contributed by atoms with Crippen molar-refractivity contribution in [3.63, 3.8) is 0 Å². The average molecular weight is 502 g/mol. The van der Waals surface area contributed by atoms with Crippen molar-refractivity contribution < 1.29 is 9.59 Å². The van der Waals surface area contributed by atoms with Crippen LogP contribution in [0.15, 0.2) is 24.4 Å². The third kappa shape index (κ3) is 5.93. The van der Waals surface area contributed by atoms with E-state index in [4.69, 9.17) is 0 Å². The van der Waals surface area contributed by atoms with Crippen LogP contribution in [0.2, 0.25) is 0 Å². The summed E-state index contributed by atoms with van der Waals surface area (Å²) in [4.78, 5) is 69.8. The minimum Gasteiger partial charge on any atom is -0.248 e. The molecule has 4 atom stereocenters. The molecule has 198 valence electrons. The summed E-state index contributed by atoms with van der Waals surface area (Å²) in [5.41, 5.74) is -3.19. The number of isocyanates is 2. The van der Waals surface area contributed by atoms with Crippen LogP contribution in [0.3, 0.4) is 0 Å². The van der Waals surface area contributed by atoms with Crippen LogP contribution in [0.1, 0.15) is 80.1 Å². The number of aliphatic imine (C=N–C) groups is 2. The second kappa shape index (κ2) is 9.56. The molecule has 3 rings (SSSR count). The van der Waals surface area contributed by atoms with Gasteiger partial charge in [-0.3, -0.25) is 0 Å². The van der Waals surface area contributed by atoms with Gasteiger partial charge >= 0.3 is 17.1 Å². The fourth-order valence-corrected chi connectivity index (χ4v) is 7.52. The molecule has 1 aromatic heterocycles. The lowest BCUT2D eigenvalue weighted by molar-refractivity contribution is 0.0586. The van der Waals surface area contributed by atoms with Gasteiger partial charge in [-0.15, -0.1) is 0 Å². The molecule has 0 aromatic carbocycles. The summed E-state index contributed by atoms with van der Waals surface area (Å²) in [5.74, 6) is 0. The predicted octanol–water partition coefficient (Wildman–Crippen LogP) is 2.55. The lowest BCUT2D eigenvalue weighted by Crippen LogP contribution is -2.57. The highest BCUT2D eigenvalue weighted by Crippen LogP contribution is 2.48. The number of hydrogen-bond donors (Lipinski definition) is 0. The molecule has 0 aliphatic heterocycles. The lowest BCUT2D eigenvalue weighted by atomic mass is 9.62. The summed E-state index contributed by atoms with van der Waals surface area (Å²) >= 11 is 0. The van der Waals surface area contributed by atoms with Crippen molar-refractivity contribution in [1.82, 2.24) is 13.7 Å². The molecule has 0 saturated heterocycles. The molecule has 1 aromatic rings. The molecule has 0 amide bonds. The van der Waals surface area contributed by atoms with E-state index in [1.54, 1.807) is 12.2 Å². The van der Waals surface area contributed by atoms with Crippen molar-refractivity contribution >= 4 is 12.2 Å². The Balaban J connectivity index is 2.05. The summed E-state index contributed by atoms with van der Waals surface area (Å²) in [5, 5.41) is 0. The minimum absolute atomic E-state index is 0.118. The largest absolute Gasteiger partial charge is 0.336 e.